The van der Waals surface area contributed by atoms with Gasteiger partial charge in [-0.05, 0) is 42.2 Å². The van der Waals surface area contributed by atoms with Gasteiger partial charge in [0, 0.05) is 20.1 Å². The zero-order valence-electron chi connectivity index (χ0n) is 18.2. The molecule has 0 spiro atoms. The lowest BCUT2D eigenvalue weighted by atomic mass is 10.0. The van der Waals surface area contributed by atoms with E-state index in [0.29, 0.717) is 13.1 Å². The Morgan fingerprint density at radius 3 is 2.52 bits per heavy atom. The van der Waals surface area contributed by atoms with Gasteiger partial charge in [-0.3, -0.25) is 0 Å². The lowest BCUT2D eigenvalue weighted by Gasteiger charge is -2.31. The molecule has 2 aromatic carbocycles. The van der Waals surface area contributed by atoms with Gasteiger partial charge < -0.3 is 19.5 Å². The number of methoxy groups -OCH3 is 1. The number of hydrogen-bond acceptors (Lipinski definition) is 4. The van der Waals surface area contributed by atoms with Gasteiger partial charge in [0.1, 0.15) is 11.6 Å². The lowest BCUT2D eigenvalue weighted by Crippen LogP contribution is -2.44. The van der Waals surface area contributed by atoms with Crippen molar-refractivity contribution in [3.63, 3.8) is 0 Å². The van der Waals surface area contributed by atoms with Gasteiger partial charge in [0.25, 0.3) is 0 Å². The summed E-state index contributed by atoms with van der Waals surface area (Å²) in [5.74, 6) is 3.53. The number of aliphatic imine (C=N–C) groups is 1. The Bertz CT molecular complexity index is 1030. The molecule has 31 heavy (non-hydrogen) atoms. The van der Waals surface area contributed by atoms with Crippen LogP contribution in [0.5, 0.6) is 5.75 Å². The fraction of sp³-hybridized carbons (Fsp3) is 0.348. The van der Waals surface area contributed by atoms with E-state index in [0.717, 1.165) is 48.4 Å². The maximum absolute atomic E-state index is 5.25. The quantitative estimate of drug-likeness (QED) is 0.310. The zero-order valence-corrected chi connectivity index (χ0v) is 20.5. The van der Waals surface area contributed by atoms with Gasteiger partial charge in [0.05, 0.1) is 20.2 Å². The molecule has 0 unspecified atom stereocenters. The molecule has 4 rings (SSSR count). The van der Waals surface area contributed by atoms with Crippen LogP contribution in [0.1, 0.15) is 28.3 Å². The second-order valence-electron chi connectivity index (χ2n) is 7.50. The van der Waals surface area contributed by atoms with Gasteiger partial charge in [-0.25, -0.2) is 4.99 Å². The smallest absolute Gasteiger partial charge is 0.194 e. The van der Waals surface area contributed by atoms with Crippen LogP contribution in [0.25, 0.3) is 0 Å². The molecule has 1 aliphatic heterocycles. The number of fused-ring (bicyclic) bond motifs is 1. The molecule has 0 bridgehead atoms. The highest BCUT2D eigenvalue weighted by Gasteiger charge is 2.19. The second-order valence-corrected chi connectivity index (χ2v) is 7.50. The van der Waals surface area contributed by atoms with Gasteiger partial charge in [0.15, 0.2) is 11.8 Å². The summed E-state index contributed by atoms with van der Waals surface area (Å²) in [6.07, 6.45) is 1.02. The highest BCUT2D eigenvalue weighted by Crippen LogP contribution is 2.19. The van der Waals surface area contributed by atoms with E-state index in [-0.39, 0.29) is 24.0 Å². The Morgan fingerprint density at radius 1 is 1.10 bits per heavy atom. The Labute approximate surface area is 200 Å². The molecule has 1 N–H and O–H groups in total. The number of benzene rings is 2. The molecule has 0 saturated heterocycles. The molecular formula is C23H29IN6O. The van der Waals surface area contributed by atoms with Gasteiger partial charge in [-0.15, -0.1) is 34.2 Å². The lowest BCUT2D eigenvalue weighted by molar-refractivity contribution is 0.376. The highest BCUT2D eigenvalue weighted by atomic mass is 127. The van der Waals surface area contributed by atoms with Crippen LogP contribution in [0.4, 0.5) is 0 Å². The average molecular weight is 532 g/mol. The Hall–Kier alpha value is -2.62. The first-order valence-corrected chi connectivity index (χ1v) is 10.2. The van der Waals surface area contributed by atoms with Gasteiger partial charge in [-0.1, -0.05) is 36.4 Å². The van der Waals surface area contributed by atoms with Crippen LogP contribution in [0.2, 0.25) is 0 Å². The Kier molecular flexibility index (Phi) is 7.89. The zero-order chi connectivity index (χ0) is 20.9. The van der Waals surface area contributed by atoms with E-state index in [1.54, 1.807) is 7.11 Å². The van der Waals surface area contributed by atoms with E-state index in [1.165, 1.54) is 11.1 Å². The Balaban J connectivity index is 0.00000272. The first-order chi connectivity index (χ1) is 14.6. The predicted octanol–water partition coefficient (Wildman–Crippen LogP) is 3.45. The van der Waals surface area contributed by atoms with E-state index in [9.17, 15) is 0 Å². The largest absolute Gasteiger partial charge is 0.497 e. The summed E-state index contributed by atoms with van der Waals surface area (Å²) in [6.45, 7) is 4.92. The van der Waals surface area contributed by atoms with Crippen LogP contribution >= 0.6 is 24.0 Å². The van der Waals surface area contributed by atoms with Crippen LogP contribution in [0.15, 0.2) is 53.5 Å². The molecule has 0 aliphatic carbocycles. The molecule has 1 aromatic heterocycles. The minimum Gasteiger partial charge on any atom is -0.497 e. The van der Waals surface area contributed by atoms with Crippen molar-refractivity contribution in [3.8, 4) is 5.75 Å². The summed E-state index contributed by atoms with van der Waals surface area (Å²) in [6, 6.07) is 16.7. The number of nitrogens with one attached hydrogen (secondary N) is 1. The minimum atomic E-state index is 0. The standard InChI is InChI=1S/C23H28N6O.HI/c1-17-26-27-22(28(17)2)15-25-23(24-14-18-8-10-21(30-3)11-9-18)29-13-12-19-6-4-5-7-20(19)16-29;/h4-11H,12-16H2,1-3H3,(H,24,25);1H. The molecule has 2 heterocycles. The number of guanidine groups is 1. The fourth-order valence-corrected chi connectivity index (χ4v) is 3.60. The number of rotatable bonds is 5. The third-order valence-electron chi connectivity index (χ3n) is 5.59. The maximum atomic E-state index is 5.25. The molecule has 8 heteroatoms. The average Bonchev–Trinajstić information content (AvgIpc) is 3.11. The van der Waals surface area contributed by atoms with Crippen LogP contribution in [-0.4, -0.2) is 39.3 Å². The van der Waals surface area contributed by atoms with Crippen molar-refractivity contribution in [1.82, 2.24) is 25.0 Å². The third kappa shape index (κ3) is 5.55. The fourth-order valence-electron chi connectivity index (χ4n) is 3.60. The third-order valence-corrected chi connectivity index (χ3v) is 5.59. The molecule has 0 atom stereocenters. The topological polar surface area (TPSA) is 67.6 Å². The van der Waals surface area contributed by atoms with Crippen molar-refractivity contribution < 1.29 is 4.74 Å². The van der Waals surface area contributed by atoms with Crippen molar-refractivity contribution in [1.29, 1.82) is 0 Å². The molecule has 1 aliphatic rings. The maximum Gasteiger partial charge on any atom is 0.194 e. The molecule has 0 saturated carbocycles. The molecular weight excluding hydrogens is 503 g/mol. The summed E-state index contributed by atoms with van der Waals surface area (Å²) >= 11 is 0. The number of aryl methyl sites for hydroxylation is 1. The molecule has 164 valence electrons. The van der Waals surface area contributed by atoms with Crippen molar-refractivity contribution in [2.75, 3.05) is 13.7 Å². The molecule has 3 aromatic rings. The van der Waals surface area contributed by atoms with Gasteiger partial charge >= 0.3 is 0 Å². The van der Waals surface area contributed by atoms with E-state index < -0.39 is 0 Å². The monoisotopic (exact) mass is 532 g/mol. The predicted molar refractivity (Wildman–Crippen MR) is 133 cm³/mol. The highest BCUT2D eigenvalue weighted by molar-refractivity contribution is 14.0. The summed E-state index contributed by atoms with van der Waals surface area (Å²) in [4.78, 5) is 7.25. The number of aromatic nitrogens is 3. The molecule has 0 amide bonds. The van der Waals surface area contributed by atoms with E-state index in [2.05, 4.69) is 56.8 Å². The van der Waals surface area contributed by atoms with Gasteiger partial charge in [-0.2, -0.15) is 0 Å². The summed E-state index contributed by atoms with van der Waals surface area (Å²) in [5, 5.41) is 11.9. The number of ether oxygens (including phenoxy) is 1. The van der Waals surface area contributed by atoms with E-state index in [1.807, 2.05) is 30.7 Å². The van der Waals surface area contributed by atoms with Crippen LogP contribution < -0.4 is 10.1 Å². The van der Waals surface area contributed by atoms with Crippen LogP contribution in [0.3, 0.4) is 0 Å². The molecule has 0 radical (unpaired) electrons. The van der Waals surface area contributed by atoms with E-state index >= 15 is 0 Å². The van der Waals surface area contributed by atoms with Crippen molar-refractivity contribution in [2.24, 2.45) is 12.0 Å². The SMILES string of the molecule is COc1ccc(CN=C(NCc2nnc(C)n2C)N2CCc3ccccc3C2)cc1.I. The summed E-state index contributed by atoms with van der Waals surface area (Å²) in [7, 11) is 3.66. The molecule has 0 fully saturated rings. The number of halogens is 1. The molecule has 7 nitrogen and oxygen atoms in total. The first-order valence-electron chi connectivity index (χ1n) is 10.2. The van der Waals surface area contributed by atoms with E-state index in [4.69, 9.17) is 9.73 Å². The van der Waals surface area contributed by atoms with Crippen molar-refractivity contribution in [2.45, 2.75) is 33.0 Å². The van der Waals surface area contributed by atoms with Crippen LogP contribution in [0, 0.1) is 6.92 Å². The minimum absolute atomic E-state index is 0. The van der Waals surface area contributed by atoms with Crippen molar-refractivity contribution >= 4 is 29.9 Å². The van der Waals surface area contributed by atoms with Crippen molar-refractivity contribution in [3.05, 3.63) is 76.9 Å². The Morgan fingerprint density at radius 2 is 1.84 bits per heavy atom. The number of hydrogen-bond donors (Lipinski definition) is 1. The van der Waals surface area contributed by atoms with Gasteiger partial charge in [0.2, 0.25) is 0 Å². The second kappa shape index (κ2) is 10.6. The van der Waals surface area contributed by atoms with Crippen LogP contribution in [-0.2, 0) is 33.1 Å². The number of nitrogens with zero attached hydrogens (tertiary/aromatic N) is 5. The normalized spacial score (nSPS) is 13.4. The summed E-state index contributed by atoms with van der Waals surface area (Å²) < 4.78 is 7.25. The summed E-state index contributed by atoms with van der Waals surface area (Å²) in [5.41, 5.74) is 3.92. The first kappa shape index (κ1) is 23.1.